The minimum Gasteiger partial charge on any atom is -0.363 e. The maximum atomic E-state index is 5.96. The van der Waals surface area contributed by atoms with Crippen LogP contribution in [0.1, 0.15) is 18.5 Å². The summed E-state index contributed by atoms with van der Waals surface area (Å²) in [5, 5.41) is 8.46. The molecule has 4 aromatic rings. The molecule has 4 nitrogen and oxygen atoms in total. The first-order valence-corrected chi connectivity index (χ1v) is 9.18. The molecule has 0 fully saturated rings. The number of nitrogens with one attached hydrogen (secondary N) is 2. The Labute approximate surface area is 163 Å². The molecule has 0 saturated carbocycles. The molecule has 1 atom stereocenters. The van der Waals surface area contributed by atoms with E-state index in [9.17, 15) is 0 Å². The average molecular weight is 375 g/mol. The summed E-state index contributed by atoms with van der Waals surface area (Å²) in [6.07, 6.45) is 0. The molecular weight excluding hydrogens is 356 g/mol. The van der Waals surface area contributed by atoms with Crippen LogP contribution in [0.15, 0.2) is 78.9 Å². The maximum absolute atomic E-state index is 5.96. The summed E-state index contributed by atoms with van der Waals surface area (Å²) in [5.41, 5.74) is 2.97. The molecule has 1 heterocycles. The minimum atomic E-state index is 0.118. The molecule has 4 rings (SSSR count). The second-order valence-electron chi connectivity index (χ2n) is 6.32. The van der Waals surface area contributed by atoms with Crippen molar-refractivity contribution >= 4 is 40.0 Å². The van der Waals surface area contributed by atoms with Crippen molar-refractivity contribution < 1.29 is 0 Å². The van der Waals surface area contributed by atoms with Gasteiger partial charge in [0.15, 0.2) is 0 Å². The summed E-state index contributed by atoms with van der Waals surface area (Å²) in [6, 6.07) is 25.9. The van der Waals surface area contributed by atoms with Gasteiger partial charge in [0.2, 0.25) is 5.95 Å². The van der Waals surface area contributed by atoms with Gasteiger partial charge in [0, 0.05) is 22.1 Å². The van der Waals surface area contributed by atoms with Crippen molar-refractivity contribution in [3.63, 3.8) is 0 Å². The molecule has 134 valence electrons. The van der Waals surface area contributed by atoms with Gasteiger partial charge in [-0.15, -0.1) is 0 Å². The number of anilines is 3. The Kier molecular flexibility index (Phi) is 4.90. The maximum Gasteiger partial charge on any atom is 0.229 e. The number of benzene rings is 3. The van der Waals surface area contributed by atoms with Crippen LogP contribution in [-0.4, -0.2) is 9.97 Å². The minimum absolute atomic E-state index is 0.118. The summed E-state index contributed by atoms with van der Waals surface area (Å²) in [6.45, 7) is 2.12. The molecule has 0 saturated heterocycles. The monoisotopic (exact) mass is 374 g/mol. The molecule has 27 heavy (non-hydrogen) atoms. The Morgan fingerprint density at radius 3 is 2.30 bits per heavy atom. The predicted molar refractivity (Wildman–Crippen MR) is 113 cm³/mol. The lowest BCUT2D eigenvalue weighted by atomic mass is 10.1. The lowest BCUT2D eigenvalue weighted by molar-refractivity contribution is 0.876. The van der Waals surface area contributed by atoms with E-state index >= 15 is 0 Å². The first-order chi connectivity index (χ1) is 13.2. The standard InChI is InChI=1S/C22H19ClN4/c1-15(16-7-3-2-4-8-16)24-21-19-9-5-6-10-20(19)26-22(27-21)25-18-13-11-17(23)12-14-18/h2-15H,1H3,(H2,24,25,26,27). The van der Waals surface area contributed by atoms with E-state index in [1.54, 1.807) is 0 Å². The molecule has 0 aliphatic heterocycles. The van der Waals surface area contributed by atoms with Gasteiger partial charge in [-0.1, -0.05) is 54.1 Å². The van der Waals surface area contributed by atoms with E-state index < -0.39 is 0 Å². The number of fused-ring (bicyclic) bond motifs is 1. The summed E-state index contributed by atoms with van der Waals surface area (Å²) < 4.78 is 0. The number of hydrogen-bond acceptors (Lipinski definition) is 4. The van der Waals surface area contributed by atoms with Crippen LogP contribution in [0.25, 0.3) is 10.9 Å². The van der Waals surface area contributed by atoms with E-state index in [2.05, 4.69) is 34.7 Å². The van der Waals surface area contributed by atoms with Crippen LogP contribution < -0.4 is 10.6 Å². The van der Waals surface area contributed by atoms with Gasteiger partial charge in [-0.25, -0.2) is 4.98 Å². The summed E-state index contributed by atoms with van der Waals surface area (Å²) in [5.74, 6) is 1.34. The molecule has 3 aromatic carbocycles. The highest BCUT2D eigenvalue weighted by molar-refractivity contribution is 6.30. The van der Waals surface area contributed by atoms with E-state index in [4.69, 9.17) is 16.6 Å². The van der Waals surface area contributed by atoms with Gasteiger partial charge in [0.05, 0.1) is 5.52 Å². The van der Waals surface area contributed by atoms with Crippen LogP contribution in [0, 0.1) is 0 Å². The summed E-state index contributed by atoms with van der Waals surface area (Å²) in [4.78, 5) is 9.36. The average Bonchev–Trinajstić information content (AvgIpc) is 2.70. The highest BCUT2D eigenvalue weighted by Crippen LogP contribution is 2.27. The number of halogens is 1. The van der Waals surface area contributed by atoms with Gasteiger partial charge in [-0.2, -0.15) is 4.98 Å². The quantitative estimate of drug-likeness (QED) is 0.436. The molecular formula is C22H19ClN4. The molecule has 0 bridgehead atoms. The van der Waals surface area contributed by atoms with Crippen LogP contribution in [0.3, 0.4) is 0 Å². The van der Waals surface area contributed by atoms with Crippen LogP contribution in [-0.2, 0) is 0 Å². The van der Waals surface area contributed by atoms with Crippen molar-refractivity contribution in [1.29, 1.82) is 0 Å². The molecule has 0 amide bonds. The fraction of sp³-hybridized carbons (Fsp3) is 0.0909. The summed E-state index contributed by atoms with van der Waals surface area (Å²) >= 11 is 5.96. The van der Waals surface area contributed by atoms with Crippen LogP contribution >= 0.6 is 11.6 Å². The van der Waals surface area contributed by atoms with Gasteiger partial charge in [0.25, 0.3) is 0 Å². The Balaban J connectivity index is 1.69. The molecule has 1 aromatic heterocycles. The highest BCUT2D eigenvalue weighted by Gasteiger charge is 2.11. The highest BCUT2D eigenvalue weighted by atomic mass is 35.5. The zero-order chi connectivity index (χ0) is 18.6. The number of para-hydroxylation sites is 1. The van der Waals surface area contributed by atoms with E-state index in [1.165, 1.54) is 5.56 Å². The third-order valence-electron chi connectivity index (χ3n) is 4.36. The largest absolute Gasteiger partial charge is 0.363 e. The Morgan fingerprint density at radius 1 is 0.815 bits per heavy atom. The second kappa shape index (κ2) is 7.64. The van der Waals surface area contributed by atoms with Gasteiger partial charge in [-0.3, -0.25) is 0 Å². The molecule has 0 aliphatic rings. The lowest BCUT2D eigenvalue weighted by Crippen LogP contribution is -2.10. The Bertz CT molecular complexity index is 1050. The first kappa shape index (κ1) is 17.3. The first-order valence-electron chi connectivity index (χ1n) is 8.80. The van der Waals surface area contributed by atoms with Crippen LogP contribution in [0.4, 0.5) is 17.5 Å². The SMILES string of the molecule is CC(Nc1nc(Nc2ccc(Cl)cc2)nc2ccccc12)c1ccccc1. The van der Waals surface area contributed by atoms with Crippen molar-refractivity contribution in [3.8, 4) is 0 Å². The van der Waals surface area contributed by atoms with Crippen molar-refractivity contribution in [2.24, 2.45) is 0 Å². The molecule has 1 unspecified atom stereocenters. The number of hydrogen-bond donors (Lipinski definition) is 2. The second-order valence-corrected chi connectivity index (χ2v) is 6.76. The zero-order valence-electron chi connectivity index (χ0n) is 14.9. The van der Waals surface area contributed by atoms with Gasteiger partial charge >= 0.3 is 0 Å². The molecule has 2 N–H and O–H groups in total. The summed E-state index contributed by atoms with van der Waals surface area (Å²) in [7, 11) is 0. The topological polar surface area (TPSA) is 49.8 Å². The van der Waals surface area contributed by atoms with Gasteiger partial charge < -0.3 is 10.6 Å². The van der Waals surface area contributed by atoms with E-state index in [-0.39, 0.29) is 6.04 Å². The Morgan fingerprint density at radius 2 is 1.52 bits per heavy atom. The number of rotatable bonds is 5. The van der Waals surface area contributed by atoms with Gasteiger partial charge in [0.1, 0.15) is 5.82 Å². The van der Waals surface area contributed by atoms with Gasteiger partial charge in [-0.05, 0) is 48.9 Å². The Hall–Kier alpha value is -3.11. The third kappa shape index (κ3) is 4.01. The third-order valence-corrected chi connectivity index (χ3v) is 4.61. The normalized spacial score (nSPS) is 11.9. The number of nitrogens with zero attached hydrogens (tertiary/aromatic N) is 2. The molecule has 0 aliphatic carbocycles. The van der Waals surface area contributed by atoms with Crippen molar-refractivity contribution in [2.45, 2.75) is 13.0 Å². The molecule has 0 radical (unpaired) electrons. The van der Waals surface area contributed by atoms with Crippen molar-refractivity contribution in [1.82, 2.24) is 9.97 Å². The fourth-order valence-electron chi connectivity index (χ4n) is 2.93. The van der Waals surface area contributed by atoms with E-state index in [0.29, 0.717) is 11.0 Å². The predicted octanol–water partition coefficient (Wildman–Crippen LogP) is 6.20. The van der Waals surface area contributed by atoms with Crippen molar-refractivity contribution in [2.75, 3.05) is 10.6 Å². The molecule has 0 spiro atoms. The van der Waals surface area contributed by atoms with E-state index in [0.717, 1.165) is 22.4 Å². The lowest BCUT2D eigenvalue weighted by Gasteiger charge is -2.17. The van der Waals surface area contributed by atoms with E-state index in [1.807, 2.05) is 66.7 Å². The van der Waals surface area contributed by atoms with Crippen LogP contribution in [0.2, 0.25) is 5.02 Å². The van der Waals surface area contributed by atoms with Crippen LogP contribution in [0.5, 0.6) is 0 Å². The fourth-order valence-corrected chi connectivity index (χ4v) is 3.06. The molecule has 5 heteroatoms. The number of aromatic nitrogens is 2. The zero-order valence-corrected chi connectivity index (χ0v) is 15.6. The smallest absolute Gasteiger partial charge is 0.229 e. The van der Waals surface area contributed by atoms with Crippen molar-refractivity contribution in [3.05, 3.63) is 89.4 Å².